The molecule has 0 saturated heterocycles. The lowest BCUT2D eigenvalue weighted by molar-refractivity contribution is -0.870. The summed E-state index contributed by atoms with van der Waals surface area (Å²) in [6.07, 6.45) is 72.3. The minimum atomic E-state index is -4.71. The second kappa shape index (κ2) is 54.3. The average Bonchev–Trinajstić information content (AvgIpc) is 3.37. The summed E-state index contributed by atoms with van der Waals surface area (Å²) < 4.78 is 30.2. The smallest absolute Gasteiger partial charge is 0.306 e. The molecule has 0 aliphatic carbocycles. The number of nitrogens with zero attached hydrogens (tertiary/aromatic N) is 1. The fourth-order valence-corrected chi connectivity index (χ4v) is 9.01. The van der Waals surface area contributed by atoms with Gasteiger partial charge in [0.25, 0.3) is 7.82 Å². The first-order valence-corrected chi connectivity index (χ1v) is 32.0. The summed E-state index contributed by atoms with van der Waals surface area (Å²) in [5, 5.41) is 3.00. The van der Waals surface area contributed by atoms with E-state index in [-0.39, 0.29) is 31.3 Å². The van der Waals surface area contributed by atoms with Crippen molar-refractivity contribution in [1.29, 1.82) is 0 Å². The SMILES string of the molecule is CC/C=C\C/C=C\C/C=C\C/C=C\C/C=C\C/C=C\CCCCCCCCC(=O)OC(/C=C\CCCCCCCCCCC)C(COP(=O)([O-])OCC[N+](C)(C)C)NC(=O)CCCCC/C=C\CCCCCCCC. The molecule has 3 unspecified atom stereocenters. The molecule has 0 rings (SSSR count). The number of carbonyl (C=O) groups excluding carboxylic acids is 2. The number of likely N-dealkylation sites (N-methyl/N-ethyl adjacent to an activating group) is 1. The van der Waals surface area contributed by atoms with Crippen LogP contribution >= 0.6 is 7.82 Å². The molecule has 432 valence electrons. The first-order chi connectivity index (χ1) is 36.4. The molecular formula is C65H115N2O7P. The van der Waals surface area contributed by atoms with Crippen LogP contribution in [-0.2, 0) is 27.9 Å². The van der Waals surface area contributed by atoms with Crippen LogP contribution in [0, 0.1) is 0 Å². The van der Waals surface area contributed by atoms with Gasteiger partial charge in [-0.25, -0.2) is 0 Å². The molecule has 0 aromatic heterocycles. The van der Waals surface area contributed by atoms with Gasteiger partial charge in [-0.2, -0.15) is 0 Å². The Labute approximate surface area is 462 Å². The van der Waals surface area contributed by atoms with Crippen molar-refractivity contribution in [3.8, 4) is 0 Å². The molecule has 0 fully saturated rings. The maximum absolute atomic E-state index is 13.5. The van der Waals surface area contributed by atoms with Crippen LogP contribution in [0.4, 0.5) is 0 Å². The summed E-state index contributed by atoms with van der Waals surface area (Å²) in [6.45, 7) is 6.68. The summed E-state index contributed by atoms with van der Waals surface area (Å²) in [5.41, 5.74) is 0. The van der Waals surface area contributed by atoms with E-state index in [1.807, 2.05) is 33.3 Å². The Hall–Kier alpha value is -3.07. The molecule has 75 heavy (non-hydrogen) atoms. The fourth-order valence-electron chi connectivity index (χ4n) is 8.28. The molecule has 0 aromatic carbocycles. The molecule has 0 bridgehead atoms. The number of amides is 1. The second-order valence-corrected chi connectivity index (χ2v) is 22.9. The summed E-state index contributed by atoms with van der Waals surface area (Å²) >= 11 is 0. The Morgan fingerprint density at radius 2 is 0.853 bits per heavy atom. The van der Waals surface area contributed by atoms with E-state index in [1.165, 1.54) is 83.5 Å². The number of phosphoric acid groups is 1. The number of carbonyl (C=O) groups is 2. The Bertz CT molecular complexity index is 1610. The molecule has 1 N–H and O–H groups in total. The second-order valence-electron chi connectivity index (χ2n) is 21.5. The Balaban J connectivity index is 5.20. The van der Waals surface area contributed by atoms with Crippen LogP contribution in [0.2, 0.25) is 0 Å². The minimum absolute atomic E-state index is 0.0317. The molecule has 0 aromatic rings. The third-order valence-electron chi connectivity index (χ3n) is 13.0. The zero-order valence-corrected chi connectivity index (χ0v) is 50.1. The Morgan fingerprint density at radius 1 is 0.480 bits per heavy atom. The highest BCUT2D eigenvalue weighted by Crippen LogP contribution is 2.38. The molecule has 1 amide bonds. The van der Waals surface area contributed by atoms with E-state index in [9.17, 15) is 19.0 Å². The van der Waals surface area contributed by atoms with Crippen LogP contribution in [0.25, 0.3) is 0 Å². The van der Waals surface area contributed by atoms with Crippen molar-refractivity contribution >= 4 is 19.7 Å². The first kappa shape index (κ1) is 71.9. The number of ether oxygens (including phenoxy) is 1. The average molecular weight is 1070 g/mol. The van der Waals surface area contributed by atoms with E-state index in [0.717, 1.165) is 122 Å². The minimum Gasteiger partial charge on any atom is -0.756 e. The van der Waals surface area contributed by atoms with Gasteiger partial charge in [-0.1, -0.05) is 227 Å². The Morgan fingerprint density at radius 3 is 1.31 bits per heavy atom. The van der Waals surface area contributed by atoms with Gasteiger partial charge in [0.2, 0.25) is 5.91 Å². The molecule has 0 spiro atoms. The van der Waals surface area contributed by atoms with Crippen molar-refractivity contribution in [3.05, 3.63) is 97.2 Å². The van der Waals surface area contributed by atoms with Crippen molar-refractivity contribution < 1.29 is 37.3 Å². The third-order valence-corrected chi connectivity index (χ3v) is 14.0. The monoisotopic (exact) mass is 1070 g/mol. The van der Waals surface area contributed by atoms with E-state index >= 15 is 0 Å². The standard InChI is InChI=1S/C65H115N2O7P/c1-7-10-13-16-19-22-25-27-28-29-30-31-32-33-34-35-36-37-38-40-43-46-49-52-55-58-65(69)74-63(56-53-50-47-44-41-24-21-18-15-12-9-3)62(61-73-75(70,71)72-60-59-67(4,5)6)66-64(68)57-54-51-48-45-42-39-26-23-20-17-14-11-8-2/h10,13,19,22,27-28,30-31,33-34,36-37,39,42,53,56,62-63H,7-9,11-12,14-18,20-21,23-26,29,32,35,38,40-41,43-52,54-55,57-61H2,1-6H3,(H-,66,68,70,71)/b13-10-,22-19-,28-27-,31-30-,34-33-,37-36-,42-39-,56-53-. The normalized spacial score (nSPS) is 14.4. The number of allylic oxidation sites excluding steroid dienone is 15. The van der Waals surface area contributed by atoms with E-state index in [2.05, 4.69) is 111 Å². The first-order valence-electron chi connectivity index (χ1n) is 30.5. The van der Waals surface area contributed by atoms with E-state index in [4.69, 9.17) is 13.8 Å². The van der Waals surface area contributed by atoms with Gasteiger partial charge in [-0.05, 0) is 109 Å². The van der Waals surface area contributed by atoms with Gasteiger partial charge in [0.1, 0.15) is 19.3 Å². The number of unbranched alkanes of at least 4 members (excludes halogenated alkanes) is 24. The highest BCUT2D eigenvalue weighted by Gasteiger charge is 2.27. The third kappa shape index (κ3) is 55.5. The number of hydrogen-bond acceptors (Lipinski definition) is 7. The predicted molar refractivity (Wildman–Crippen MR) is 321 cm³/mol. The lowest BCUT2D eigenvalue weighted by Gasteiger charge is -2.30. The summed E-state index contributed by atoms with van der Waals surface area (Å²) in [4.78, 5) is 39.9. The maximum atomic E-state index is 13.5. The topological polar surface area (TPSA) is 114 Å². The van der Waals surface area contributed by atoms with Gasteiger partial charge in [-0.15, -0.1) is 0 Å². The predicted octanol–water partition coefficient (Wildman–Crippen LogP) is 18.1. The molecule has 0 heterocycles. The summed E-state index contributed by atoms with van der Waals surface area (Å²) in [6, 6.07) is -0.906. The largest absolute Gasteiger partial charge is 0.756 e. The number of quaternary nitrogens is 1. The van der Waals surface area contributed by atoms with E-state index in [0.29, 0.717) is 23.9 Å². The van der Waals surface area contributed by atoms with Gasteiger partial charge in [0, 0.05) is 12.8 Å². The molecule has 0 radical (unpaired) electrons. The summed E-state index contributed by atoms with van der Waals surface area (Å²) in [7, 11) is 1.16. The Kier molecular flexibility index (Phi) is 52.1. The lowest BCUT2D eigenvalue weighted by Crippen LogP contribution is -2.47. The number of nitrogens with one attached hydrogen (secondary N) is 1. The van der Waals surface area contributed by atoms with Crippen molar-refractivity contribution in [2.45, 2.75) is 264 Å². The quantitative estimate of drug-likeness (QED) is 0.0212. The van der Waals surface area contributed by atoms with Gasteiger partial charge >= 0.3 is 5.97 Å². The van der Waals surface area contributed by atoms with E-state index in [1.54, 1.807) is 0 Å². The number of rotatable bonds is 54. The van der Waals surface area contributed by atoms with Crippen LogP contribution in [0.15, 0.2) is 97.2 Å². The lowest BCUT2D eigenvalue weighted by atomic mass is 10.1. The van der Waals surface area contributed by atoms with Crippen molar-refractivity contribution in [1.82, 2.24) is 5.32 Å². The van der Waals surface area contributed by atoms with Gasteiger partial charge in [-0.3, -0.25) is 14.2 Å². The molecule has 10 heteroatoms. The van der Waals surface area contributed by atoms with Crippen LogP contribution < -0.4 is 10.2 Å². The molecule has 0 aliphatic heterocycles. The van der Waals surface area contributed by atoms with Crippen LogP contribution in [0.3, 0.4) is 0 Å². The van der Waals surface area contributed by atoms with Crippen LogP contribution in [-0.4, -0.2) is 69.4 Å². The van der Waals surface area contributed by atoms with Crippen molar-refractivity contribution in [2.75, 3.05) is 40.9 Å². The number of hydrogen-bond donors (Lipinski definition) is 1. The van der Waals surface area contributed by atoms with Gasteiger partial charge in [0.15, 0.2) is 0 Å². The van der Waals surface area contributed by atoms with Crippen molar-refractivity contribution in [3.63, 3.8) is 0 Å². The zero-order valence-electron chi connectivity index (χ0n) is 49.2. The summed E-state index contributed by atoms with van der Waals surface area (Å²) in [5.74, 6) is -0.582. The molecule has 0 saturated carbocycles. The number of esters is 1. The molecule has 3 atom stereocenters. The molecule has 0 aliphatic rings. The fraction of sp³-hybridized carbons (Fsp3) is 0.723. The van der Waals surface area contributed by atoms with Gasteiger partial charge in [0.05, 0.1) is 33.8 Å². The van der Waals surface area contributed by atoms with Crippen LogP contribution in [0.5, 0.6) is 0 Å². The zero-order chi connectivity index (χ0) is 55.0. The van der Waals surface area contributed by atoms with Crippen molar-refractivity contribution in [2.24, 2.45) is 0 Å². The maximum Gasteiger partial charge on any atom is 0.306 e. The van der Waals surface area contributed by atoms with Gasteiger partial charge < -0.3 is 28.5 Å². The number of phosphoric ester groups is 1. The highest BCUT2D eigenvalue weighted by molar-refractivity contribution is 7.45. The highest BCUT2D eigenvalue weighted by atomic mass is 31.2. The molecule has 9 nitrogen and oxygen atoms in total. The molecular weight excluding hydrogens is 952 g/mol. The van der Waals surface area contributed by atoms with Crippen LogP contribution in [0.1, 0.15) is 252 Å². The van der Waals surface area contributed by atoms with E-state index < -0.39 is 26.6 Å².